The number of hydrogen-bond acceptors (Lipinski definition) is 3. The Balaban J connectivity index is 1.73. The van der Waals surface area contributed by atoms with Gasteiger partial charge in [0.25, 0.3) is 6.73 Å². The van der Waals surface area contributed by atoms with E-state index in [1.165, 1.54) is 0 Å². The minimum Gasteiger partial charge on any atom is -0.497 e. The molecule has 0 amide bonds. The second-order valence-electron chi connectivity index (χ2n) is 6.10. The first-order valence-electron chi connectivity index (χ1n) is 8.28. The van der Waals surface area contributed by atoms with E-state index in [4.69, 9.17) is 9.47 Å². The number of aryl methyl sites for hydroxylation is 1. The number of carbonyl (C=O) groups excluding carboxylic acids is 1. The minimum atomic E-state index is -0.323. The van der Waals surface area contributed by atoms with Gasteiger partial charge in [0.2, 0.25) is 0 Å². The van der Waals surface area contributed by atoms with Gasteiger partial charge in [-0.3, -0.25) is 4.79 Å². The molecular weight excluding hydrogens is 314 g/mol. The molecule has 0 N–H and O–H groups in total. The summed E-state index contributed by atoms with van der Waals surface area (Å²) in [6.07, 6.45) is 1.90. The number of methoxy groups -OCH3 is 1. The Hall–Kier alpha value is -2.88. The van der Waals surface area contributed by atoms with Crippen LogP contribution in [-0.4, -0.2) is 13.1 Å². The maximum atomic E-state index is 12.4. The molecule has 1 aromatic heterocycles. The van der Waals surface area contributed by atoms with E-state index >= 15 is 0 Å². The lowest BCUT2D eigenvalue weighted by Gasteiger charge is -2.12. The predicted octanol–water partition coefficient (Wildman–Crippen LogP) is 3.75. The Morgan fingerprint density at radius 2 is 1.84 bits per heavy atom. The summed E-state index contributed by atoms with van der Waals surface area (Å²) in [4.78, 5) is 12.4. The average molecular weight is 336 g/mol. The molecule has 3 aromatic rings. The van der Waals surface area contributed by atoms with Crippen LogP contribution in [0.25, 0.3) is 10.8 Å². The van der Waals surface area contributed by atoms with Crippen molar-refractivity contribution in [3.63, 3.8) is 0 Å². The highest BCUT2D eigenvalue weighted by molar-refractivity contribution is 5.86. The van der Waals surface area contributed by atoms with Crippen LogP contribution in [0.5, 0.6) is 5.75 Å². The summed E-state index contributed by atoms with van der Waals surface area (Å²) in [6, 6.07) is 17.8. The van der Waals surface area contributed by atoms with Crippen molar-refractivity contribution in [2.24, 2.45) is 0 Å². The van der Waals surface area contributed by atoms with Crippen molar-refractivity contribution in [1.29, 1.82) is 0 Å². The first kappa shape index (κ1) is 17.0. The van der Waals surface area contributed by atoms with Gasteiger partial charge >= 0.3 is 5.97 Å². The van der Waals surface area contributed by atoms with E-state index in [1.54, 1.807) is 7.11 Å². The highest BCUT2D eigenvalue weighted by atomic mass is 16.5. The molecule has 0 saturated carbocycles. The zero-order valence-corrected chi connectivity index (χ0v) is 14.7. The maximum Gasteiger partial charge on any atom is 0.317 e. The fourth-order valence-electron chi connectivity index (χ4n) is 2.74. The van der Waals surface area contributed by atoms with Crippen LogP contribution in [0.15, 0.2) is 60.8 Å². The number of hydrogen-bond donors (Lipinski definition) is 0. The molecular formula is C21H22NO3+. The molecule has 0 radical (unpaired) electrons. The third-order valence-electron chi connectivity index (χ3n) is 4.44. The minimum absolute atomic E-state index is 0.223. The van der Waals surface area contributed by atoms with Crippen LogP contribution in [0.3, 0.4) is 0 Å². The number of aromatic nitrogens is 1. The number of esters is 1. The van der Waals surface area contributed by atoms with Gasteiger partial charge in [0.05, 0.1) is 13.0 Å². The summed E-state index contributed by atoms with van der Waals surface area (Å²) >= 11 is 0. The molecule has 4 nitrogen and oxygen atoms in total. The summed E-state index contributed by atoms with van der Waals surface area (Å²) in [5.41, 5.74) is 1.99. The summed E-state index contributed by atoms with van der Waals surface area (Å²) in [5, 5.41) is 2.16. The van der Waals surface area contributed by atoms with Gasteiger partial charge in [-0.15, -0.1) is 0 Å². The molecule has 1 unspecified atom stereocenters. The molecule has 0 fully saturated rings. The maximum absolute atomic E-state index is 12.4. The second-order valence-corrected chi connectivity index (χ2v) is 6.10. The van der Waals surface area contributed by atoms with Crippen molar-refractivity contribution in [2.45, 2.75) is 26.5 Å². The second kappa shape index (κ2) is 7.34. The predicted molar refractivity (Wildman–Crippen MR) is 96.4 cm³/mol. The van der Waals surface area contributed by atoms with E-state index < -0.39 is 0 Å². The van der Waals surface area contributed by atoms with Crippen LogP contribution in [-0.2, 0) is 16.3 Å². The number of pyridine rings is 1. The topological polar surface area (TPSA) is 39.4 Å². The van der Waals surface area contributed by atoms with E-state index in [9.17, 15) is 4.79 Å². The zero-order chi connectivity index (χ0) is 17.8. The fraction of sp³-hybridized carbons (Fsp3) is 0.238. The van der Waals surface area contributed by atoms with Crippen LogP contribution in [0.2, 0.25) is 0 Å². The smallest absolute Gasteiger partial charge is 0.317 e. The van der Waals surface area contributed by atoms with E-state index in [1.807, 2.05) is 79.2 Å². The van der Waals surface area contributed by atoms with Crippen LogP contribution in [0.4, 0.5) is 0 Å². The monoisotopic (exact) mass is 336 g/mol. The molecule has 1 atom stereocenters. The third-order valence-corrected chi connectivity index (χ3v) is 4.44. The summed E-state index contributed by atoms with van der Waals surface area (Å²) in [5.74, 6) is 0.266. The van der Waals surface area contributed by atoms with Gasteiger partial charge in [0.1, 0.15) is 5.75 Å². The summed E-state index contributed by atoms with van der Waals surface area (Å²) < 4.78 is 12.6. The first-order chi connectivity index (χ1) is 12.1. The molecule has 0 aliphatic heterocycles. The van der Waals surface area contributed by atoms with Crippen molar-refractivity contribution >= 4 is 16.7 Å². The SMILES string of the molecule is COc1ccc2cc(C(C)C(=O)OC[n+]3ccccc3C)ccc2c1. The normalized spacial score (nSPS) is 12.0. The molecule has 3 rings (SSSR count). The first-order valence-corrected chi connectivity index (χ1v) is 8.28. The molecule has 128 valence electrons. The number of benzene rings is 2. The Bertz CT molecular complexity index is 905. The molecule has 0 aliphatic carbocycles. The van der Waals surface area contributed by atoms with Gasteiger partial charge in [-0.25, -0.2) is 0 Å². The highest BCUT2D eigenvalue weighted by Crippen LogP contribution is 2.25. The van der Waals surface area contributed by atoms with Crippen LogP contribution >= 0.6 is 0 Å². The highest BCUT2D eigenvalue weighted by Gasteiger charge is 2.19. The third kappa shape index (κ3) is 3.79. The van der Waals surface area contributed by atoms with Crippen molar-refractivity contribution < 1.29 is 18.8 Å². The quantitative estimate of drug-likeness (QED) is 0.526. The molecule has 0 spiro atoms. The fourth-order valence-corrected chi connectivity index (χ4v) is 2.74. The lowest BCUT2D eigenvalue weighted by molar-refractivity contribution is -0.733. The van der Waals surface area contributed by atoms with Crippen LogP contribution in [0.1, 0.15) is 24.1 Å². The molecule has 1 heterocycles. The van der Waals surface area contributed by atoms with Crippen molar-refractivity contribution in [3.8, 4) is 5.75 Å². The van der Waals surface area contributed by atoms with Crippen molar-refractivity contribution in [1.82, 2.24) is 0 Å². The molecule has 0 bridgehead atoms. The van der Waals surface area contributed by atoms with E-state index in [-0.39, 0.29) is 18.6 Å². The van der Waals surface area contributed by atoms with Gasteiger partial charge in [0, 0.05) is 19.1 Å². The number of rotatable bonds is 5. The van der Waals surface area contributed by atoms with Gasteiger partial charge in [-0.05, 0) is 35.4 Å². The van der Waals surface area contributed by atoms with E-state index in [0.29, 0.717) is 0 Å². The largest absolute Gasteiger partial charge is 0.497 e. The summed E-state index contributed by atoms with van der Waals surface area (Å²) in [6.45, 7) is 4.07. The lowest BCUT2D eigenvalue weighted by atomic mass is 9.98. The number of carbonyl (C=O) groups is 1. The molecule has 0 saturated heterocycles. The Kier molecular flexibility index (Phi) is 4.98. The van der Waals surface area contributed by atoms with Gasteiger partial charge in [0.15, 0.2) is 11.9 Å². The molecule has 2 aromatic carbocycles. The van der Waals surface area contributed by atoms with Crippen LogP contribution in [0, 0.1) is 6.92 Å². The van der Waals surface area contributed by atoms with E-state index in [0.717, 1.165) is 27.8 Å². The lowest BCUT2D eigenvalue weighted by Crippen LogP contribution is -2.39. The Morgan fingerprint density at radius 3 is 2.60 bits per heavy atom. The van der Waals surface area contributed by atoms with Crippen molar-refractivity contribution in [3.05, 3.63) is 72.1 Å². The van der Waals surface area contributed by atoms with Crippen LogP contribution < -0.4 is 9.30 Å². The zero-order valence-electron chi connectivity index (χ0n) is 14.7. The number of ether oxygens (including phenoxy) is 2. The Labute approximate surface area is 147 Å². The molecule has 25 heavy (non-hydrogen) atoms. The van der Waals surface area contributed by atoms with Gasteiger partial charge in [-0.2, -0.15) is 4.57 Å². The van der Waals surface area contributed by atoms with Gasteiger partial charge in [-0.1, -0.05) is 30.3 Å². The average Bonchev–Trinajstić information content (AvgIpc) is 2.65. The van der Waals surface area contributed by atoms with E-state index in [2.05, 4.69) is 0 Å². The Morgan fingerprint density at radius 1 is 1.08 bits per heavy atom. The van der Waals surface area contributed by atoms with Gasteiger partial charge < -0.3 is 9.47 Å². The standard InChI is InChI=1S/C21H22NO3/c1-15-6-4-5-11-22(15)14-25-21(23)16(2)17-7-8-19-13-20(24-3)10-9-18(19)12-17/h4-13,16H,14H2,1-3H3/q+1. The van der Waals surface area contributed by atoms with Crippen molar-refractivity contribution in [2.75, 3.05) is 7.11 Å². The number of nitrogens with zero attached hydrogens (tertiary/aromatic N) is 1. The molecule has 0 aliphatic rings. The number of fused-ring (bicyclic) bond motifs is 1. The molecule has 4 heteroatoms. The summed E-state index contributed by atoms with van der Waals surface area (Å²) in [7, 11) is 1.65.